The SMILES string of the molecule is Cc1c(-c2ccc3sc4ccccc4c3c2)cccc1-c1ccc2sc3ccccc3c2c1. The van der Waals surface area contributed by atoms with Crippen LogP contribution in [-0.4, -0.2) is 0 Å². The Hall–Kier alpha value is -3.46. The van der Waals surface area contributed by atoms with E-state index in [4.69, 9.17) is 0 Å². The van der Waals surface area contributed by atoms with E-state index in [2.05, 4.69) is 110 Å². The average Bonchev–Trinajstić information content (AvgIpc) is 3.41. The van der Waals surface area contributed by atoms with Gasteiger partial charge in [0.1, 0.15) is 0 Å². The normalized spacial score (nSPS) is 11.8. The van der Waals surface area contributed by atoms with Crippen molar-refractivity contribution in [2.45, 2.75) is 6.92 Å². The van der Waals surface area contributed by atoms with Crippen LogP contribution >= 0.6 is 22.7 Å². The molecular weight excluding hydrogens is 436 g/mol. The standard InChI is InChI=1S/C31H20S2/c1-19-22(20-13-15-30-26(17-20)24-7-2-4-11-28(24)32-30)9-6-10-23(19)21-14-16-31-27(18-21)25-8-3-5-12-29(25)33-31/h2-18H,1H3. The molecule has 0 amide bonds. The molecule has 7 aromatic rings. The summed E-state index contributed by atoms with van der Waals surface area (Å²) in [5.41, 5.74) is 6.51. The van der Waals surface area contributed by atoms with Crippen molar-refractivity contribution in [3.8, 4) is 22.3 Å². The van der Waals surface area contributed by atoms with Crippen LogP contribution in [0.4, 0.5) is 0 Å². The summed E-state index contributed by atoms with van der Waals surface area (Å²) in [5, 5.41) is 5.40. The van der Waals surface area contributed by atoms with Gasteiger partial charge in [-0.2, -0.15) is 0 Å². The highest BCUT2D eigenvalue weighted by molar-refractivity contribution is 7.26. The van der Waals surface area contributed by atoms with E-state index in [9.17, 15) is 0 Å². The summed E-state index contributed by atoms with van der Waals surface area (Å²) in [6.07, 6.45) is 0. The highest BCUT2D eigenvalue weighted by atomic mass is 32.1. The van der Waals surface area contributed by atoms with Gasteiger partial charge in [0.25, 0.3) is 0 Å². The molecule has 5 aromatic carbocycles. The van der Waals surface area contributed by atoms with E-state index in [1.807, 2.05) is 22.7 Å². The van der Waals surface area contributed by atoms with E-state index in [1.54, 1.807) is 0 Å². The highest BCUT2D eigenvalue weighted by Crippen LogP contribution is 2.40. The van der Waals surface area contributed by atoms with Crippen molar-refractivity contribution in [2.24, 2.45) is 0 Å². The lowest BCUT2D eigenvalue weighted by Crippen LogP contribution is -1.88. The first-order valence-corrected chi connectivity index (χ1v) is 12.8. The first-order valence-electron chi connectivity index (χ1n) is 11.2. The number of benzene rings is 5. The molecule has 156 valence electrons. The fourth-order valence-electron chi connectivity index (χ4n) is 5.05. The van der Waals surface area contributed by atoms with Crippen LogP contribution in [-0.2, 0) is 0 Å². The van der Waals surface area contributed by atoms with E-state index >= 15 is 0 Å². The summed E-state index contributed by atoms with van der Waals surface area (Å²) in [4.78, 5) is 0. The molecule has 2 heteroatoms. The zero-order valence-corrected chi connectivity index (χ0v) is 19.8. The van der Waals surface area contributed by atoms with Crippen LogP contribution in [0.1, 0.15) is 5.56 Å². The Morgan fingerprint density at radius 1 is 0.424 bits per heavy atom. The Bertz CT molecular complexity index is 1700. The van der Waals surface area contributed by atoms with Crippen molar-refractivity contribution >= 4 is 63.0 Å². The summed E-state index contributed by atoms with van der Waals surface area (Å²) in [6.45, 7) is 2.26. The Balaban J connectivity index is 1.40. The highest BCUT2D eigenvalue weighted by Gasteiger charge is 2.12. The van der Waals surface area contributed by atoms with E-state index in [-0.39, 0.29) is 0 Å². The topological polar surface area (TPSA) is 0 Å². The molecule has 7 rings (SSSR count). The summed E-state index contributed by atoms with van der Waals surface area (Å²) in [5.74, 6) is 0. The van der Waals surface area contributed by atoms with Gasteiger partial charge >= 0.3 is 0 Å². The maximum absolute atomic E-state index is 2.37. The molecule has 0 aliphatic heterocycles. The molecule has 0 aliphatic carbocycles. The zero-order chi connectivity index (χ0) is 21.9. The van der Waals surface area contributed by atoms with Crippen molar-refractivity contribution < 1.29 is 0 Å². The lowest BCUT2D eigenvalue weighted by Gasteiger charge is -2.13. The molecule has 0 spiro atoms. The predicted octanol–water partition coefficient (Wildman–Crippen LogP) is 10.1. The van der Waals surface area contributed by atoms with Gasteiger partial charge in [0, 0.05) is 40.3 Å². The molecule has 0 N–H and O–H groups in total. The lowest BCUT2D eigenvalue weighted by molar-refractivity contribution is 1.46. The Kier molecular flexibility index (Phi) is 4.20. The molecule has 0 radical (unpaired) electrons. The number of rotatable bonds is 2. The summed E-state index contributed by atoms with van der Waals surface area (Å²) in [7, 11) is 0. The third-order valence-electron chi connectivity index (χ3n) is 6.71. The first kappa shape index (κ1) is 19.0. The van der Waals surface area contributed by atoms with Gasteiger partial charge in [-0.05, 0) is 71.1 Å². The molecule has 0 saturated carbocycles. The van der Waals surface area contributed by atoms with Crippen LogP contribution in [0.2, 0.25) is 0 Å². The van der Waals surface area contributed by atoms with Crippen LogP contribution in [0.25, 0.3) is 62.6 Å². The monoisotopic (exact) mass is 456 g/mol. The van der Waals surface area contributed by atoms with Gasteiger partial charge in [-0.3, -0.25) is 0 Å². The maximum Gasteiger partial charge on any atom is 0.0355 e. The molecule has 33 heavy (non-hydrogen) atoms. The van der Waals surface area contributed by atoms with Gasteiger partial charge in [-0.1, -0.05) is 66.7 Å². The molecular formula is C31H20S2. The fraction of sp³-hybridized carbons (Fsp3) is 0.0323. The minimum Gasteiger partial charge on any atom is -0.135 e. The van der Waals surface area contributed by atoms with Crippen molar-refractivity contribution in [3.63, 3.8) is 0 Å². The minimum atomic E-state index is 1.28. The molecule has 0 fully saturated rings. The summed E-state index contributed by atoms with van der Waals surface area (Å²) < 4.78 is 5.41. The predicted molar refractivity (Wildman–Crippen MR) is 148 cm³/mol. The molecule has 0 atom stereocenters. The Morgan fingerprint density at radius 2 is 0.879 bits per heavy atom. The number of fused-ring (bicyclic) bond motifs is 6. The molecule has 0 bridgehead atoms. The second-order valence-corrected chi connectivity index (χ2v) is 10.8. The van der Waals surface area contributed by atoms with Crippen LogP contribution in [0.5, 0.6) is 0 Å². The summed E-state index contributed by atoms with van der Waals surface area (Å²) in [6, 6.07) is 38.0. The Morgan fingerprint density at radius 3 is 1.39 bits per heavy atom. The second-order valence-electron chi connectivity index (χ2n) is 8.60. The van der Waals surface area contributed by atoms with Crippen LogP contribution in [0, 0.1) is 6.92 Å². The van der Waals surface area contributed by atoms with E-state index in [1.165, 1.54) is 68.2 Å². The molecule has 2 heterocycles. The quantitative estimate of drug-likeness (QED) is 0.243. The number of hydrogen-bond donors (Lipinski definition) is 0. The maximum atomic E-state index is 2.37. The van der Waals surface area contributed by atoms with Gasteiger partial charge in [-0.15, -0.1) is 22.7 Å². The first-order chi connectivity index (χ1) is 16.3. The number of hydrogen-bond acceptors (Lipinski definition) is 2. The zero-order valence-electron chi connectivity index (χ0n) is 18.1. The van der Waals surface area contributed by atoms with Crippen molar-refractivity contribution in [3.05, 3.63) is 109 Å². The van der Waals surface area contributed by atoms with Gasteiger partial charge in [0.05, 0.1) is 0 Å². The summed E-state index contributed by atoms with van der Waals surface area (Å²) >= 11 is 3.75. The second kappa shape index (κ2) is 7.28. The van der Waals surface area contributed by atoms with Gasteiger partial charge in [0.2, 0.25) is 0 Å². The molecule has 0 saturated heterocycles. The van der Waals surface area contributed by atoms with E-state index < -0.39 is 0 Å². The Labute approximate surface area is 200 Å². The van der Waals surface area contributed by atoms with E-state index in [0.29, 0.717) is 0 Å². The lowest BCUT2D eigenvalue weighted by atomic mass is 9.91. The van der Waals surface area contributed by atoms with E-state index in [0.717, 1.165) is 0 Å². The van der Waals surface area contributed by atoms with Crippen molar-refractivity contribution in [2.75, 3.05) is 0 Å². The largest absolute Gasteiger partial charge is 0.135 e. The fourth-order valence-corrected chi connectivity index (χ4v) is 7.22. The molecule has 0 nitrogen and oxygen atoms in total. The van der Waals surface area contributed by atoms with Crippen molar-refractivity contribution in [1.29, 1.82) is 0 Å². The number of thiophene rings is 2. The van der Waals surface area contributed by atoms with Crippen LogP contribution in [0.15, 0.2) is 103 Å². The third-order valence-corrected chi connectivity index (χ3v) is 9.01. The third kappa shape index (κ3) is 2.95. The molecule has 0 aliphatic rings. The smallest absolute Gasteiger partial charge is 0.0355 e. The van der Waals surface area contributed by atoms with Crippen LogP contribution in [0.3, 0.4) is 0 Å². The molecule has 0 unspecified atom stereocenters. The van der Waals surface area contributed by atoms with Gasteiger partial charge < -0.3 is 0 Å². The molecule has 2 aromatic heterocycles. The average molecular weight is 457 g/mol. The van der Waals surface area contributed by atoms with Crippen LogP contribution < -0.4 is 0 Å². The van der Waals surface area contributed by atoms with Gasteiger partial charge in [-0.25, -0.2) is 0 Å². The van der Waals surface area contributed by atoms with Gasteiger partial charge in [0.15, 0.2) is 0 Å². The van der Waals surface area contributed by atoms with Crippen molar-refractivity contribution in [1.82, 2.24) is 0 Å². The minimum absolute atomic E-state index is 1.28.